The lowest BCUT2D eigenvalue weighted by Crippen LogP contribution is -2.36. The number of ether oxygens (including phenoxy) is 1. The summed E-state index contributed by atoms with van der Waals surface area (Å²) in [5.41, 5.74) is 1.59. The molecule has 0 aliphatic heterocycles. The second-order valence-electron chi connectivity index (χ2n) is 8.63. The number of nitrogens with one attached hydrogen (secondary N) is 3. The van der Waals surface area contributed by atoms with Gasteiger partial charge in [0, 0.05) is 45.3 Å². The summed E-state index contributed by atoms with van der Waals surface area (Å²) in [4.78, 5) is 12.2. The Bertz CT molecular complexity index is 1770. The highest BCUT2D eigenvalue weighted by molar-refractivity contribution is 7.91. The van der Waals surface area contributed by atoms with Crippen molar-refractivity contribution in [3.8, 4) is 22.6 Å². The van der Waals surface area contributed by atoms with Crippen molar-refractivity contribution in [1.29, 1.82) is 0 Å². The first-order chi connectivity index (χ1) is 19.3. The van der Waals surface area contributed by atoms with E-state index in [1.807, 2.05) is 66.7 Å². The fraction of sp³-hybridized carbons (Fsp3) is 0.0690. The number of carbonyl (C=O) groups is 1. The zero-order chi connectivity index (χ0) is 28.1. The Morgan fingerprint density at radius 3 is 2.33 bits per heavy atom. The molecule has 5 rings (SSSR count). The number of fused-ring (bicyclic) bond motifs is 1. The third kappa shape index (κ3) is 6.57. The normalized spacial score (nSPS) is 11.3. The first kappa shape index (κ1) is 27.9. The monoisotopic (exact) mass is 611 g/mol. The molecule has 0 saturated carbocycles. The lowest BCUT2D eigenvalue weighted by Gasteiger charge is -2.14. The van der Waals surface area contributed by atoms with Gasteiger partial charge in [-0.15, -0.1) is 11.3 Å². The van der Waals surface area contributed by atoms with Gasteiger partial charge in [0.2, 0.25) is 0 Å². The number of benzene rings is 4. The third-order valence-electron chi connectivity index (χ3n) is 5.84. The summed E-state index contributed by atoms with van der Waals surface area (Å²) >= 11 is 13.0. The van der Waals surface area contributed by atoms with Crippen LogP contribution in [0.5, 0.6) is 11.5 Å². The van der Waals surface area contributed by atoms with Gasteiger partial charge in [-0.3, -0.25) is 0 Å². The van der Waals surface area contributed by atoms with Gasteiger partial charge >= 0.3 is 6.03 Å². The summed E-state index contributed by atoms with van der Waals surface area (Å²) in [5.74, 6) is 1.21. The molecule has 204 valence electrons. The minimum atomic E-state index is -3.88. The number of rotatable bonds is 9. The highest BCUT2D eigenvalue weighted by atomic mass is 35.5. The van der Waals surface area contributed by atoms with Crippen LogP contribution in [-0.4, -0.2) is 27.5 Å². The van der Waals surface area contributed by atoms with Gasteiger partial charge in [0.15, 0.2) is 0 Å². The Labute approximate surface area is 245 Å². The molecule has 11 heteroatoms. The van der Waals surface area contributed by atoms with Gasteiger partial charge in [0.05, 0.1) is 0 Å². The molecule has 0 aliphatic carbocycles. The van der Waals surface area contributed by atoms with Crippen LogP contribution < -0.4 is 20.1 Å². The Balaban J connectivity index is 1.27. The van der Waals surface area contributed by atoms with Gasteiger partial charge in [-0.1, -0.05) is 77.8 Å². The first-order valence-electron chi connectivity index (χ1n) is 12.1. The predicted molar refractivity (Wildman–Crippen MR) is 162 cm³/mol. The van der Waals surface area contributed by atoms with E-state index in [0.717, 1.165) is 22.1 Å². The standard InChI is InChI=1S/C29H23Cl2N3O4S2/c30-20-16-21(31)18-22(17-20)34-29(35)32-13-14-33-40(36,37)28-25(12-15-39-28)24-9-3-4-10-27(24)38-26-11-5-7-19-6-1-2-8-23(19)26/h1-12,15-18,33H,13-14H2,(H2,32,34,35). The Hall–Kier alpha value is -3.60. The quantitative estimate of drug-likeness (QED) is 0.148. The van der Waals surface area contributed by atoms with E-state index in [0.29, 0.717) is 38.4 Å². The predicted octanol–water partition coefficient (Wildman–Crippen LogP) is 7.77. The maximum absolute atomic E-state index is 13.2. The molecule has 0 aliphatic rings. The van der Waals surface area contributed by atoms with E-state index in [1.54, 1.807) is 29.6 Å². The molecule has 7 nitrogen and oxygen atoms in total. The zero-order valence-electron chi connectivity index (χ0n) is 20.9. The van der Waals surface area contributed by atoms with E-state index in [2.05, 4.69) is 15.4 Å². The number of urea groups is 1. The molecule has 1 heterocycles. The summed E-state index contributed by atoms with van der Waals surface area (Å²) in [6.45, 7) is 0.0401. The molecule has 0 fully saturated rings. The van der Waals surface area contributed by atoms with Crippen LogP contribution in [-0.2, 0) is 10.0 Å². The number of hydrogen-bond donors (Lipinski definition) is 3. The number of hydrogen-bond acceptors (Lipinski definition) is 5. The van der Waals surface area contributed by atoms with Crippen LogP contribution in [0.3, 0.4) is 0 Å². The fourth-order valence-corrected chi connectivity index (χ4v) is 7.09. The van der Waals surface area contributed by atoms with Crippen LogP contribution in [0.2, 0.25) is 10.0 Å². The van der Waals surface area contributed by atoms with Gasteiger partial charge in [-0.2, -0.15) is 0 Å². The van der Waals surface area contributed by atoms with E-state index in [4.69, 9.17) is 27.9 Å². The average Bonchev–Trinajstić information content (AvgIpc) is 3.42. The topological polar surface area (TPSA) is 96.5 Å². The van der Waals surface area contributed by atoms with Crippen molar-refractivity contribution < 1.29 is 17.9 Å². The Morgan fingerprint density at radius 2 is 1.50 bits per heavy atom. The minimum Gasteiger partial charge on any atom is -0.456 e. The first-order valence-corrected chi connectivity index (χ1v) is 15.3. The number of anilines is 1. The van der Waals surface area contributed by atoms with Gasteiger partial charge in [-0.05, 0) is 47.2 Å². The van der Waals surface area contributed by atoms with Crippen LogP contribution in [0.1, 0.15) is 0 Å². The van der Waals surface area contributed by atoms with Crippen LogP contribution >= 0.6 is 34.5 Å². The van der Waals surface area contributed by atoms with Crippen LogP contribution in [0.25, 0.3) is 21.9 Å². The SMILES string of the molecule is O=C(NCCNS(=O)(=O)c1sccc1-c1ccccc1Oc1cccc2ccccc12)Nc1cc(Cl)cc(Cl)c1. The van der Waals surface area contributed by atoms with E-state index >= 15 is 0 Å². The molecule has 40 heavy (non-hydrogen) atoms. The number of carbonyl (C=O) groups excluding carboxylic acids is 1. The summed E-state index contributed by atoms with van der Waals surface area (Å²) in [6.07, 6.45) is 0. The highest BCUT2D eigenvalue weighted by Gasteiger charge is 2.23. The summed E-state index contributed by atoms with van der Waals surface area (Å²) in [6, 6.07) is 26.9. The van der Waals surface area contributed by atoms with Gasteiger partial charge in [-0.25, -0.2) is 17.9 Å². The smallest absolute Gasteiger partial charge is 0.319 e. The van der Waals surface area contributed by atoms with Gasteiger partial charge in [0.25, 0.3) is 10.0 Å². The van der Waals surface area contributed by atoms with E-state index in [9.17, 15) is 13.2 Å². The van der Waals surface area contributed by atoms with Crippen molar-refractivity contribution in [3.05, 3.63) is 106 Å². The van der Waals surface area contributed by atoms with Crippen LogP contribution in [0.4, 0.5) is 10.5 Å². The molecule has 2 amide bonds. The molecule has 1 aromatic heterocycles. The summed E-state index contributed by atoms with van der Waals surface area (Å²) in [5, 5.41) is 9.69. The molecule has 0 radical (unpaired) electrons. The van der Waals surface area contributed by atoms with E-state index < -0.39 is 16.1 Å². The van der Waals surface area contributed by atoms with Crippen molar-refractivity contribution in [2.45, 2.75) is 4.21 Å². The van der Waals surface area contributed by atoms with E-state index in [1.165, 1.54) is 0 Å². The molecule has 0 spiro atoms. The van der Waals surface area contributed by atoms with Crippen molar-refractivity contribution >= 4 is 67.1 Å². The molecule has 0 bridgehead atoms. The molecular formula is C29H23Cl2N3O4S2. The number of amides is 2. The lowest BCUT2D eigenvalue weighted by atomic mass is 10.1. The highest BCUT2D eigenvalue weighted by Crippen LogP contribution is 2.40. The number of para-hydroxylation sites is 1. The second kappa shape index (κ2) is 12.3. The summed E-state index contributed by atoms with van der Waals surface area (Å²) < 4.78 is 35.5. The van der Waals surface area contributed by atoms with Crippen LogP contribution in [0, 0.1) is 0 Å². The number of halogens is 2. The zero-order valence-corrected chi connectivity index (χ0v) is 24.0. The van der Waals surface area contributed by atoms with Gasteiger partial charge < -0.3 is 15.4 Å². The average molecular weight is 613 g/mol. The maximum atomic E-state index is 13.2. The molecule has 0 atom stereocenters. The lowest BCUT2D eigenvalue weighted by molar-refractivity contribution is 0.252. The Morgan fingerprint density at radius 1 is 0.800 bits per heavy atom. The fourth-order valence-electron chi connectivity index (χ4n) is 4.11. The number of sulfonamides is 1. The molecule has 3 N–H and O–H groups in total. The maximum Gasteiger partial charge on any atom is 0.319 e. The van der Waals surface area contributed by atoms with Crippen molar-refractivity contribution in [2.24, 2.45) is 0 Å². The van der Waals surface area contributed by atoms with Gasteiger partial charge in [0.1, 0.15) is 15.7 Å². The molecule has 4 aromatic carbocycles. The van der Waals surface area contributed by atoms with Crippen LogP contribution in [0.15, 0.2) is 101 Å². The molecule has 0 unspecified atom stereocenters. The molecular weight excluding hydrogens is 589 g/mol. The molecule has 5 aromatic rings. The summed E-state index contributed by atoms with van der Waals surface area (Å²) in [7, 11) is -3.88. The molecule has 0 saturated heterocycles. The van der Waals surface area contributed by atoms with E-state index in [-0.39, 0.29) is 17.3 Å². The van der Waals surface area contributed by atoms with Crippen molar-refractivity contribution in [1.82, 2.24) is 10.0 Å². The van der Waals surface area contributed by atoms with Crippen molar-refractivity contribution in [2.75, 3.05) is 18.4 Å². The third-order valence-corrected chi connectivity index (χ3v) is 9.23. The Kier molecular flexibility index (Phi) is 8.58. The second-order valence-corrected chi connectivity index (χ2v) is 12.4. The minimum absolute atomic E-state index is 0.0163. The largest absolute Gasteiger partial charge is 0.456 e. The van der Waals surface area contributed by atoms with Crippen molar-refractivity contribution in [3.63, 3.8) is 0 Å². The number of thiophene rings is 1.